The van der Waals surface area contributed by atoms with E-state index in [1.165, 1.54) is 18.3 Å². The zero-order chi connectivity index (χ0) is 24.4. The Bertz CT molecular complexity index is 996. The third-order valence-electron chi connectivity index (χ3n) is 4.74. The number of halogens is 2. The molecule has 0 aliphatic heterocycles. The van der Waals surface area contributed by atoms with Crippen molar-refractivity contribution in [3.63, 3.8) is 0 Å². The lowest BCUT2D eigenvalue weighted by Crippen LogP contribution is -2.48. The standard InChI is InChI=1S/C24H29Cl2N3O4/c1-5-6-11-33-20-10-7-16(12-21(20)32-4)14-27-29-24(31)22(15(2)3)28-23(30)18-9-8-17(25)13-19(18)26/h7-10,12-15,22H,5-6,11H2,1-4H3,(H,28,30)(H,29,31). The zero-order valence-corrected chi connectivity index (χ0v) is 20.7. The predicted molar refractivity (Wildman–Crippen MR) is 132 cm³/mol. The van der Waals surface area contributed by atoms with Crippen molar-refractivity contribution in [1.29, 1.82) is 0 Å². The van der Waals surface area contributed by atoms with Gasteiger partial charge in [-0.05, 0) is 54.3 Å². The van der Waals surface area contributed by atoms with Gasteiger partial charge in [0.2, 0.25) is 0 Å². The lowest BCUT2D eigenvalue weighted by molar-refractivity contribution is -0.123. The van der Waals surface area contributed by atoms with Gasteiger partial charge in [0.05, 0.1) is 30.5 Å². The summed E-state index contributed by atoms with van der Waals surface area (Å²) in [4.78, 5) is 25.3. The predicted octanol–water partition coefficient (Wildman–Crippen LogP) is 5.09. The van der Waals surface area contributed by atoms with Crippen LogP contribution in [0.4, 0.5) is 0 Å². The van der Waals surface area contributed by atoms with E-state index in [0.717, 1.165) is 12.8 Å². The van der Waals surface area contributed by atoms with Crippen molar-refractivity contribution < 1.29 is 19.1 Å². The number of carbonyl (C=O) groups is 2. The van der Waals surface area contributed by atoms with Gasteiger partial charge in [-0.2, -0.15) is 5.10 Å². The number of unbranched alkanes of at least 4 members (excludes halogenated alkanes) is 1. The fourth-order valence-corrected chi connectivity index (χ4v) is 3.37. The Balaban J connectivity index is 2.03. The number of hydrogen-bond acceptors (Lipinski definition) is 5. The third kappa shape index (κ3) is 7.94. The van der Waals surface area contributed by atoms with Crippen LogP contribution in [-0.2, 0) is 4.79 Å². The van der Waals surface area contributed by atoms with Gasteiger partial charge in [-0.1, -0.05) is 50.4 Å². The van der Waals surface area contributed by atoms with E-state index >= 15 is 0 Å². The van der Waals surface area contributed by atoms with Crippen LogP contribution in [0.15, 0.2) is 41.5 Å². The first-order chi connectivity index (χ1) is 15.8. The Hall–Kier alpha value is -2.77. The number of methoxy groups -OCH3 is 1. The first-order valence-corrected chi connectivity index (χ1v) is 11.4. The van der Waals surface area contributed by atoms with Crippen molar-refractivity contribution in [3.05, 3.63) is 57.6 Å². The molecule has 1 atom stereocenters. The smallest absolute Gasteiger partial charge is 0.262 e. The van der Waals surface area contributed by atoms with Crippen molar-refractivity contribution in [2.75, 3.05) is 13.7 Å². The van der Waals surface area contributed by atoms with Crippen LogP contribution in [0.25, 0.3) is 0 Å². The summed E-state index contributed by atoms with van der Waals surface area (Å²) in [6.45, 7) is 6.34. The molecule has 9 heteroatoms. The van der Waals surface area contributed by atoms with Crippen LogP contribution >= 0.6 is 23.2 Å². The van der Waals surface area contributed by atoms with Gasteiger partial charge in [0.15, 0.2) is 11.5 Å². The molecule has 0 bridgehead atoms. The summed E-state index contributed by atoms with van der Waals surface area (Å²) in [5.41, 5.74) is 3.43. The summed E-state index contributed by atoms with van der Waals surface area (Å²) < 4.78 is 11.1. The summed E-state index contributed by atoms with van der Waals surface area (Å²) in [5.74, 6) is 0.114. The topological polar surface area (TPSA) is 89.0 Å². The quantitative estimate of drug-likeness (QED) is 0.259. The van der Waals surface area contributed by atoms with Gasteiger partial charge in [-0.3, -0.25) is 9.59 Å². The fourth-order valence-electron chi connectivity index (χ4n) is 2.88. The van der Waals surface area contributed by atoms with Crippen molar-refractivity contribution >= 4 is 41.2 Å². The molecule has 0 aliphatic carbocycles. The van der Waals surface area contributed by atoms with Gasteiger partial charge < -0.3 is 14.8 Å². The molecule has 0 aliphatic rings. The van der Waals surface area contributed by atoms with Crippen LogP contribution < -0.4 is 20.2 Å². The number of rotatable bonds is 11. The second kappa shape index (κ2) is 13.1. The van der Waals surface area contributed by atoms with Gasteiger partial charge in [0.25, 0.3) is 11.8 Å². The second-order valence-electron chi connectivity index (χ2n) is 7.67. The lowest BCUT2D eigenvalue weighted by atomic mass is 10.0. The van der Waals surface area contributed by atoms with Gasteiger partial charge >= 0.3 is 0 Å². The number of carbonyl (C=O) groups excluding carboxylic acids is 2. The van der Waals surface area contributed by atoms with Crippen LogP contribution in [0.2, 0.25) is 10.0 Å². The Labute approximate surface area is 204 Å². The first kappa shape index (κ1) is 26.5. The first-order valence-electron chi connectivity index (χ1n) is 10.7. The SMILES string of the molecule is CCCCOc1ccc(C=NNC(=O)C(NC(=O)c2ccc(Cl)cc2Cl)C(C)C)cc1OC. The summed E-state index contributed by atoms with van der Waals surface area (Å²) in [6, 6.07) is 9.10. The molecule has 178 valence electrons. The fraction of sp³-hybridized carbons (Fsp3) is 0.375. The van der Waals surface area contributed by atoms with E-state index in [2.05, 4.69) is 22.8 Å². The molecule has 0 heterocycles. The Morgan fingerprint density at radius 1 is 1.12 bits per heavy atom. The van der Waals surface area contributed by atoms with E-state index < -0.39 is 17.9 Å². The molecule has 0 saturated carbocycles. The minimum absolute atomic E-state index is 0.185. The molecule has 2 aromatic rings. The summed E-state index contributed by atoms with van der Waals surface area (Å²) in [6.07, 6.45) is 3.49. The highest BCUT2D eigenvalue weighted by Crippen LogP contribution is 2.27. The van der Waals surface area contributed by atoms with Crippen molar-refractivity contribution in [2.24, 2.45) is 11.0 Å². The number of benzene rings is 2. The average molecular weight is 494 g/mol. The molecule has 33 heavy (non-hydrogen) atoms. The molecule has 0 aromatic heterocycles. The third-order valence-corrected chi connectivity index (χ3v) is 5.29. The number of hydrazone groups is 1. The molecule has 0 radical (unpaired) electrons. The minimum atomic E-state index is -0.815. The zero-order valence-electron chi connectivity index (χ0n) is 19.2. The summed E-state index contributed by atoms with van der Waals surface area (Å²) in [5, 5.41) is 7.34. The number of amides is 2. The lowest BCUT2D eigenvalue weighted by Gasteiger charge is -2.20. The van der Waals surface area contributed by atoms with E-state index in [-0.39, 0.29) is 16.5 Å². The molecule has 0 saturated heterocycles. The molecule has 2 amide bonds. The van der Waals surface area contributed by atoms with Crippen molar-refractivity contribution in [3.8, 4) is 11.5 Å². The number of nitrogens with one attached hydrogen (secondary N) is 2. The second-order valence-corrected chi connectivity index (χ2v) is 8.51. The van der Waals surface area contributed by atoms with Gasteiger partial charge in [0.1, 0.15) is 6.04 Å². The number of nitrogens with zero attached hydrogens (tertiary/aromatic N) is 1. The van der Waals surface area contributed by atoms with Gasteiger partial charge in [-0.25, -0.2) is 5.43 Å². The summed E-state index contributed by atoms with van der Waals surface area (Å²) >= 11 is 12.0. The van der Waals surface area contributed by atoms with Crippen molar-refractivity contribution in [2.45, 2.75) is 39.7 Å². The highest BCUT2D eigenvalue weighted by Gasteiger charge is 2.25. The van der Waals surface area contributed by atoms with E-state index in [1.807, 2.05) is 19.9 Å². The molecule has 1 unspecified atom stereocenters. The van der Waals surface area contributed by atoms with Gasteiger partial charge in [0, 0.05) is 5.02 Å². The normalized spacial score (nSPS) is 12.0. The van der Waals surface area contributed by atoms with Crippen LogP contribution in [0.1, 0.15) is 49.5 Å². The molecule has 2 N–H and O–H groups in total. The van der Waals surface area contributed by atoms with Crippen LogP contribution in [0, 0.1) is 5.92 Å². The molecule has 7 nitrogen and oxygen atoms in total. The van der Waals surface area contributed by atoms with E-state index in [4.69, 9.17) is 32.7 Å². The van der Waals surface area contributed by atoms with E-state index in [9.17, 15) is 9.59 Å². The molecule has 0 spiro atoms. The number of hydrogen-bond donors (Lipinski definition) is 2. The molecular formula is C24H29Cl2N3O4. The van der Waals surface area contributed by atoms with E-state index in [1.54, 1.807) is 25.3 Å². The highest BCUT2D eigenvalue weighted by molar-refractivity contribution is 6.36. The monoisotopic (exact) mass is 493 g/mol. The molecule has 2 aromatic carbocycles. The summed E-state index contributed by atoms with van der Waals surface area (Å²) in [7, 11) is 1.56. The Morgan fingerprint density at radius 2 is 1.88 bits per heavy atom. The molecule has 0 fully saturated rings. The van der Waals surface area contributed by atoms with Crippen LogP contribution in [0.3, 0.4) is 0 Å². The minimum Gasteiger partial charge on any atom is -0.493 e. The van der Waals surface area contributed by atoms with E-state index in [0.29, 0.717) is 28.7 Å². The average Bonchev–Trinajstić information content (AvgIpc) is 2.77. The number of ether oxygens (including phenoxy) is 2. The maximum Gasteiger partial charge on any atom is 0.262 e. The maximum atomic E-state index is 12.7. The van der Waals surface area contributed by atoms with Gasteiger partial charge in [-0.15, -0.1) is 0 Å². The Kier molecular flexibility index (Phi) is 10.5. The molecule has 2 rings (SSSR count). The van der Waals surface area contributed by atoms with Crippen LogP contribution in [-0.4, -0.2) is 37.8 Å². The van der Waals surface area contributed by atoms with Crippen LogP contribution in [0.5, 0.6) is 11.5 Å². The highest BCUT2D eigenvalue weighted by atomic mass is 35.5. The van der Waals surface area contributed by atoms with Crippen molar-refractivity contribution in [1.82, 2.24) is 10.7 Å². The Morgan fingerprint density at radius 3 is 2.52 bits per heavy atom. The maximum absolute atomic E-state index is 12.7. The largest absolute Gasteiger partial charge is 0.493 e. The molecular weight excluding hydrogens is 465 g/mol.